The lowest BCUT2D eigenvalue weighted by Crippen LogP contribution is -2.33. The van der Waals surface area contributed by atoms with E-state index >= 15 is 0 Å². The minimum absolute atomic E-state index is 0.122. The molecule has 7 heteroatoms. The topological polar surface area (TPSA) is 73.2 Å². The van der Waals surface area contributed by atoms with E-state index in [1.807, 2.05) is 43.4 Å². The molecular weight excluding hydrogens is 422 g/mol. The van der Waals surface area contributed by atoms with Crippen LogP contribution in [0.5, 0.6) is 5.75 Å². The average Bonchev–Trinajstić information content (AvgIpc) is 2.79. The van der Waals surface area contributed by atoms with Crippen LogP contribution in [0.15, 0.2) is 71.1 Å². The van der Waals surface area contributed by atoms with E-state index in [4.69, 9.17) is 4.74 Å². The lowest BCUT2D eigenvalue weighted by atomic mass is 9.87. The van der Waals surface area contributed by atoms with Crippen molar-refractivity contribution in [1.29, 1.82) is 0 Å². The van der Waals surface area contributed by atoms with Crippen molar-refractivity contribution >= 4 is 23.5 Å². The number of hydrogen-bond acceptors (Lipinski definition) is 5. The molecule has 164 valence electrons. The quantitative estimate of drug-likeness (QED) is 0.330. The van der Waals surface area contributed by atoms with E-state index < -0.39 is 0 Å². The summed E-state index contributed by atoms with van der Waals surface area (Å²) in [5.74, 6) is 1.40. The van der Waals surface area contributed by atoms with E-state index in [1.54, 1.807) is 10.6 Å². The van der Waals surface area contributed by atoms with Gasteiger partial charge in [0.05, 0.1) is 5.56 Å². The highest BCUT2D eigenvalue weighted by Crippen LogP contribution is 2.36. The first-order chi connectivity index (χ1) is 15.5. The van der Waals surface area contributed by atoms with Gasteiger partial charge in [0.1, 0.15) is 18.2 Å². The third kappa shape index (κ3) is 4.62. The maximum atomic E-state index is 12.9. The number of rotatable bonds is 7. The largest absolute Gasteiger partial charge is 0.489 e. The Bertz CT molecular complexity index is 1220. The highest BCUT2D eigenvalue weighted by molar-refractivity contribution is 7.99. The predicted octanol–water partition coefficient (Wildman–Crippen LogP) is 4.42. The second-order valence-electron chi connectivity index (χ2n) is 7.77. The molecule has 32 heavy (non-hydrogen) atoms. The van der Waals surface area contributed by atoms with Gasteiger partial charge in [-0.15, -0.1) is 6.58 Å². The molecule has 1 unspecified atom stereocenters. The number of nitrogens with zero attached hydrogens (tertiary/aromatic N) is 2. The fraction of sp³-hybridized carbons (Fsp3) is 0.240. The molecule has 1 amide bonds. The van der Waals surface area contributed by atoms with Gasteiger partial charge in [-0.05, 0) is 30.2 Å². The number of aryl methyl sites for hydroxylation is 1. The third-order valence-electron chi connectivity index (χ3n) is 5.40. The molecule has 0 spiro atoms. The van der Waals surface area contributed by atoms with Gasteiger partial charge in [0.15, 0.2) is 5.16 Å². The van der Waals surface area contributed by atoms with E-state index in [-0.39, 0.29) is 23.8 Å². The summed E-state index contributed by atoms with van der Waals surface area (Å²) in [6.07, 6.45) is 1.95. The van der Waals surface area contributed by atoms with Gasteiger partial charge in [0.25, 0.3) is 5.56 Å². The van der Waals surface area contributed by atoms with Crippen LogP contribution in [0, 0.1) is 6.92 Å². The number of carbonyl (C=O) groups excluding carboxylic acids is 1. The zero-order valence-corrected chi connectivity index (χ0v) is 18.9. The molecule has 0 saturated carbocycles. The molecule has 1 atom stereocenters. The standard InChI is InChI=1S/C25H25N3O3S/c1-4-12-32-25-27-24(30)22-20(14-21(29)26-23(22)28(25)3)18-8-10-19(11-9-18)31-15-17-7-5-6-16(2)13-17/h4-11,13,20H,1,12,14-15H2,2-3H3,(H,26,29). The number of benzene rings is 2. The molecule has 4 rings (SSSR count). The number of fused-ring (bicyclic) bond motifs is 1. The van der Waals surface area contributed by atoms with Crippen molar-refractivity contribution < 1.29 is 9.53 Å². The van der Waals surface area contributed by atoms with Crippen molar-refractivity contribution in [3.8, 4) is 5.75 Å². The van der Waals surface area contributed by atoms with Gasteiger partial charge in [0.2, 0.25) is 5.91 Å². The first-order valence-corrected chi connectivity index (χ1v) is 11.4. The van der Waals surface area contributed by atoms with Gasteiger partial charge in [-0.25, -0.2) is 0 Å². The summed E-state index contributed by atoms with van der Waals surface area (Å²) in [5.41, 5.74) is 3.39. The number of ether oxygens (including phenoxy) is 1. The lowest BCUT2D eigenvalue weighted by Gasteiger charge is -2.27. The Morgan fingerprint density at radius 1 is 1.25 bits per heavy atom. The maximum absolute atomic E-state index is 12.9. The Morgan fingerprint density at radius 2 is 2.03 bits per heavy atom. The van der Waals surface area contributed by atoms with Crippen LogP contribution >= 0.6 is 11.8 Å². The Hall–Kier alpha value is -3.32. The molecule has 1 N–H and O–H groups in total. The summed E-state index contributed by atoms with van der Waals surface area (Å²) >= 11 is 1.40. The Balaban J connectivity index is 1.59. The van der Waals surface area contributed by atoms with Crippen LogP contribution in [-0.4, -0.2) is 21.2 Å². The third-order valence-corrected chi connectivity index (χ3v) is 6.43. The van der Waals surface area contributed by atoms with E-state index in [0.29, 0.717) is 28.9 Å². The normalized spacial score (nSPS) is 15.1. The van der Waals surface area contributed by atoms with Crippen molar-refractivity contribution in [3.05, 3.63) is 93.8 Å². The van der Waals surface area contributed by atoms with Crippen LogP contribution in [0.3, 0.4) is 0 Å². The second kappa shape index (κ2) is 9.44. The van der Waals surface area contributed by atoms with Gasteiger partial charge in [0, 0.05) is 25.1 Å². The van der Waals surface area contributed by atoms with Crippen molar-refractivity contribution in [2.24, 2.45) is 7.05 Å². The highest BCUT2D eigenvalue weighted by Gasteiger charge is 2.32. The molecule has 1 aliphatic heterocycles. The first kappa shape index (κ1) is 21.9. The minimum atomic E-state index is -0.353. The number of amides is 1. The number of hydrogen-bond donors (Lipinski definition) is 1. The molecule has 1 aromatic heterocycles. The molecule has 1 aliphatic rings. The van der Waals surface area contributed by atoms with Gasteiger partial charge in [-0.3, -0.25) is 9.59 Å². The van der Waals surface area contributed by atoms with Crippen LogP contribution in [0.25, 0.3) is 0 Å². The van der Waals surface area contributed by atoms with E-state index in [9.17, 15) is 9.59 Å². The van der Waals surface area contributed by atoms with Crippen LogP contribution in [0.4, 0.5) is 5.82 Å². The monoisotopic (exact) mass is 447 g/mol. The van der Waals surface area contributed by atoms with Crippen LogP contribution in [0.1, 0.15) is 34.6 Å². The SMILES string of the molecule is C=CCSc1nc(=O)c2c(n1C)NC(=O)CC2c1ccc(OCc2cccc(C)c2)cc1. The molecule has 0 fully saturated rings. The number of nitrogens with one attached hydrogen (secondary N) is 1. The molecule has 2 heterocycles. The van der Waals surface area contributed by atoms with Crippen LogP contribution in [0.2, 0.25) is 0 Å². The Morgan fingerprint density at radius 3 is 2.75 bits per heavy atom. The van der Waals surface area contributed by atoms with Gasteiger partial charge >= 0.3 is 0 Å². The van der Waals surface area contributed by atoms with Crippen molar-refractivity contribution in [3.63, 3.8) is 0 Å². The molecule has 0 aliphatic carbocycles. The fourth-order valence-electron chi connectivity index (χ4n) is 3.85. The van der Waals surface area contributed by atoms with Crippen LogP contribution in [-0.2, 0) is 18.4 Å². The van der Waals surface area contributed by atoms with E-state index in [1.165, 1.54) is 17.3 Å². The highest BCUT2D eigenvalue weighted by atomic mass is 32.2. The number of anilines is 1. The summed E-state index contributed by atoms with van der Waals surface area (Å²) in [6, 6.07) is 15.8. The van der Waals surface area contributed by atoms with Crippen LogP contribution < -0.4 is 15.6 Å². The zero-order valence-electron chi connectivity index (χ0n) is 18.1. The van der Waals surface area contributed by atoms with Crippen molar-refractivity contribution in [2.75, 3.05) is 11.1 Å². The summed E-state index contributed by atoms with van der Waals surface area (Å²) in [5, 5.41) is 3.41. The number of thioether (sulfide) groups is 1. The first-order valence-electron chi connectivity index (χ1n) is 10.4. The number of carbonyl (C=O) groups is 1. The summed E-state index contributed by atoms with van der Waals surface area (Å²) in [6.45, 7) is 6.23. The zero-order chi connectivity index (χ0) is 22.7. The van der Waals surface area contributed by atoms with Crippen molar-refractivity contribution in [2.45, 2.75) is 31.0 Å². The summed E-state index contributed by atoms with van der Waals surface area (Å²) in [4.78, 5) is 29.6. The molecule has 0 bridgehead atoms. The molecule has 2 aromatic carbocycles. The van der Waals surface area contributed by atoms with Gasteiger partial charge < -0.3 is 14.6 Å². The Labute approximate surface area is 191 Å². The van der Waals surface area contributed by atoms with Gasteiger partial charge in [-0.2, -0.15) is 4.98 Å². The smallest absolute Gasteiger partial charge is 0.279 e. The molecule has 0 saturated heterocycles. The maximum Gasteiger partial charge on any atom is 0.279 e. The molecule has 0 radical (unpaired) electrons. The average molecular weight is 448 g/mol. The van der Waals surface area contributed by atoms with Crippen molar-refractivity contribution in [1.82, 2.24) is 9.55 Å². The fourth-order valence-corrected chi connectivity index (χ4v) is 4.55. The molecular formula is C25H25N3O3S. The summed E-state index contributed by atoms with van der Waals surface area (Å²) < 4.78 is 7.68. The Kier molecular flexibility index (Phi) is 6.46. The molecule has 3 aromatic rings. The van der Waals surface area contributed by atoms with E-state index in [0.717, 1.165) is 16.9 Å². The molecule has 6 nitrogen and oxygen atoms in total. The number of aromatic nitrogens is 2. The van der Waals surface area contributed by atoms with E-state index in [2.05, 4.69) is 35.9 Å². The second-order valence-corrected chi connectivity index (χ2v) is 8.76. The predicted molar refractivity (Wildman–Crippen MR) is 127 cm³/mol. The minimum Gasteiger partial charge on any atom is -0.489 e. The summed E-state index contributed by atoms with van der Waals surface area (Å²) in [7, 11) is 1.81. The van der Waals surface area contributed by atoms with Gasteiger partial charge in [-0.1, -0.05) is 59.8 Å². The lowest BCUT2D eigenvalue weighted by molar-refractivity contribution is -0.116.